The van der Waals surface area contributed by atoms with Crippen molar-refractivity contribution in [2.45, 2.75) is 25.3 Å². The average Bonchev–Trinajstić information content (AvgIpc) is 2.74. The van der Waals surface area contributed by atoms with E-state index < -0.39 is 35.6 Å². The first kappa shape index (κ1) is 23.9. The number of benzene rings is 2. The highest BCUT2D eigenvalue weighted by atomic mass is 19.4. The van der Waals surface area contributed by atoms with Crippen LogP contribution in [0.1, 0.15) is 35.2 Å². The Kier molecular flexibility index (Phi) is 7.02. The minimum atomic E-state index is -4.49. The van der Waals surface area contributed by atoms with Gasteiger partial charge in [-0.2, -0.15) is 26.3 Å². The molecule has 1 aliphatic heterocycles. The maximum atomic E-state index is 13.0. The molecule has 0 spiro atoms. The first-order chi connectivity index (χ1) is 15.0. The lowest BCUT2D eigenvalue weighted by atomic mass is 9.94. The number of hydrogen-bond donors (Lipinski definition) is 0. The summed E-state index contributed by atoms with van der Waals surface area (Å²) in [5.41, 5.74) is -0.580. The van der Waals surface area contributed by atoms with Gasteiger partial charge in [-0.1, -0.05) is 24.3 Å². The van der Waals surface area contributed by atoms with Gasteiger partial charge >= 0.3 is 18.4 Å². The van der Waals surface area contributed by atoms with Gasteiger partial charge in [0, 0.05) is 26.2 Å². The number of rotatable bonds is 4. The van der Waals surface area contributed by atoms with Crippen molar-refractivity contribution < 1.29 is 35.9 Å². The van der Waals surface area contributed by atoms with Gasteiger partial charge in [0.1, 0.15) is 0 Å². The third kappa shape index (κ3) is 5.53. The van der Waals surface area contributed by atoms with E-state index in [1.165, 1.54) is 29.2 Å². The summed E-state index contributed by atoms with van der Waals surface area (Å²) in [7, 11) is 0. The summed E-state index contributed by atoms with van der Waals surface area (Å²) in [4.78, 5) is 15.4. The lowest BCUT2D eigenvalue weighted by Crippen LogP contribution is -2.50. The summed E-state index contributed by atoms with van der Waals surface area (Å²) in [6.07, 6.45) is -9.44. The van der Waals surface area contributed by atoms with Crippen LogP contribution in [0.15, 0.2) is 48.5 Å². The van der Waals surface area contributed by atoms with Crippen LogP contribution in [-0.4, -0.2) is 48.7 Å². The zero-order valence-corrected chi connectivity index (χ0v) is 17.2. The molecule has 0 unspecified atom stereocenters. The van der Waals surface area contributed by atoms with Crippen LogP contribution in [0.3, 0.4) is 0 Å². The van der Waals surface area contributed by atoms with Gasteiger partial charge in [0.2, 0.25) is 0 Å². The predicted octanol–water partition coefficient (Wildman–Crippen LogP) is 5.59. The highest BCUT2D eigenvalue weighted by Gasteiger charge is 2.33. The Morgan fingerprint density at radius 3 is 1.56 bits per heavy atom. The second kappa shape index (κ2) is 9.40. The number of nitrogens with zero attached hydrogens (tertiary/aromatic N) is 2. The zero-order valence-electron chi connectivity index (χ0n) is 17.2. The molecular formula is C22H22F6N2O2. The molecule has 0 aliphatic carbocycles. The summed E-state index contributed by atoms with van der Waals surface area (Å²) >= 11 is 0. The van der Waals surface area contributed by atoms with Crippen LogP contribution >= 0.6 is 0 Å². The van der Waals surface area contributed by atoms with E-state index in [1.54, 1.807) is 6.92 Å². The number of carbonyl (C=O) groups is 1. The topological polar surface area (TPSA) is 32.8 Å². The molecule has 4 nitrogen and oxygen atoms in total. The number of halogens is 6. The molecule has 0 radical (unpaired) electrons. The monoisotopic (exact) mass is 460 g/mol. The van der Waals surface area contributed by atoms with Crippen LogP contribution in [0, 0.1) is 0 Å². The van der Waals surface area contributed by atoms with E-state index in [1.807, 2.05) is 4.90 Å². The fourth-order valence-corrected chi connectivity index (χ4v) is 3.70. The molecule has 174 valence electrons. The number of carbonyl (C=O) groups excluding carboxylic acids is 1. The van der Waals surface area contributed by atoms with Gasteiger partial charge in [-0.25, -0.2) is 4.79 Å². The summed E-state index contributed by atoms with van der Waals surface area (Å²) in [6.45, 7) is 3.35. The maximum absolute atomic E-state index is 13.0. The number of hydrogen-bond acceptors (Lipinski definition) is 3. The smallest absolute Gasteiger partial charge is 0.416 e. The Hall–Kier alpha value is -2.75. The van der Waals surface area contributed by atoms with Crippen LogP contribution in [-0.2, 0) is 17.1 Å². The van der Waals surface area contributed by atoms with Crippen LogP contribution in [0.4, 0.5) is 31.1 Å². The van der Waals surface area contributed by atoms with Crippen LogP contribution in [0.2, 0.25) is 0 Å². The average molecular weight is 460 g/mol. The van der Waals surface area contributed by atoms with Gasteiger partial charge in [-0.05, 0) is 42.3 Å². The normalized spacial score (nSPS) is 15.8. The Labute approximate surface area is 181 Å². The van der Waals surface area contributed by atoms with Gasteiger partial charge in [0.05, 0.1) is 23.8 Å². The van der Waals surface area contributed by atoms with E-state index in [-0.39, 0.29) is 6.61 Å². The van der Waals surface area contributed by atoms with Gasteiger partial charge < -0.3 is 9.64 Å². The fourth-order valence-electron chi connectivity index (χ4n) is 3.70. The molecule has 3 rings (SSSR count). The lowest BCUT2D eigenvalue weighted by Gasteiger charge is -2.39. The molecule has 1 heterocycles. The largest absolute Gasteiger partial charge is 0.450 e. The minimum Gasteiger partial charge on any atom is -0.450 e. The number of alkyl halides is 6. The van der Waals surface area contributed by atoms with Crippen molar-refractivity contribution in [3.8, 4) is 0 Å². The molecule has 2 aromatic carbocycles. The highest BCUT2D eigenvalue weighted by Crippen LogP contribution is 2.35. The molecule has 1 aliphatic rings. The molecule has 0 atom stereocenters. The summed E-state index contributed by atoms with van der Waals surface area (Å²) < 4.78 is 82.8. The molecule has 1 fully saturated rings. The van der Waals surface area contributed by atoms with Gasteiger partial charge in [-0.15, -0.1) is 0 Å². The molecule has 2 aromatic rings. The molecule has 1 amide bonds. The zero-order chi connectivity index (χ0) is 23.5. The second-order valence-corrected chi connectivity index (χ2v) is 7.36. The van der Waals surface area contributed by atoms with Crippen LogP contribution < -0.4 is 0 Å². The second-order valence-electron chi connectivity index (χ2n) is 7.36. The third-order valence-electron chi connectivity index (χ3n) is 5.31. The predicted molar refractivity (Wildman–Crippen MR) is 105 cm³/mol. The lowest BCUT2D eigenvalue weighted by molar-refractivity contribution is -0.138. The van der Waals surface area contributed by atoms with E-state index >= 15 is 0 Å². The van der Waals surface area contributed by atoms with E-state index in [4.69, 9.17) is 4.74 Å². The Balaban J connectivity index is 1.89. The molecule has 0 aromatic heterocycles. The van der Waals surface area contributed by atoms with E-state index in [2.05, 4.69) is 0 Å². The highest BCUT2D eigenvalue weighted by molar-refractivity contribution is 5.67. The summed E-state index contributed by atoms with van der Waals surface area (Å²) in [5, 5.41) is 0. The minimum absolute atomic E-state index is 0.235. The van der Waals surface area contributed by atoms with Crippen molar-refractivity contribution in [3.05, 3.63) is 70.8 Å². The van der Waals surface area contributed by atoms with Crippen molar-refractivity contribution >= 4 is 6.09 Å². The van der Waals surface area contributed by atoms with E-state index in [9.17, 15) is 31.1 Å². The van der Waals surface area contributed by atoms with Gasteiger partial charge in [-0.3, -0.25) is 4.90 Å². The molecule has 0 saturated carbocycles. The molecule has 0 N–H and O–H groups in total. The van der Waals surface area contributed by atoms with Gasteiger partial charge in [0.25, 0.3) is 0 Å². The van der Waals surface area contributed by atoms with Crippen molar-refractivity contribution in [1.29, 1.82) is 0 Å². The number of ether oxygens (including phenoxy) is 1. The van der Waals surface area contributed by atoms with Crippen LogP contribution in [0.5, 0.6) is 0 Å². The SMILES string of the molecule is CCOC(=O)N1CCN(C(c2ccc(C(F)(F)F)cc2)c2ccc(C(F)(F)F)cc2)CC1. The fraction of sp³-hybridized carbons (Fsp3) is 0.409. The molecule has 10 heteroatoms. The first-order valence-electron chi connectivity index (χ1n) is 10.0. The Morgan fingerprint density at radius 1 is 0.812 bits per heavy atom. The van der Waals surface area contributed by atoms with Crippen molar-refractivity contribution in [2.24, 2.45) is 0 Å². The Morgan fingerprint density at radius 2 is 1.22 bits per heavy atom. The number of piperazine rings is 1. The van der Waals surface area contributed by atoms with Crippen LogP contribution in [0.25, 0.3) is 0 Å². The maximum Gasteiger partial charge on any atom is 0.416 e. The standard InChI is InChI=1S/C22H22F6N2O2/c1-2-32-20(31)30-13-11-29(12-14-30)19(15-3-7-17(8-4-15)21(23,24)25)16-5-9-18(10-6-16)22(26,27)28/h3-10,19H,2,11-14H2,1H3. The Bertz CT molecular complexity index is 845. The van der Waals surface area contributed by atoms with Gasteiger partial charge in [0.15, 0.2) is 0 Å². The van der Waals surface area contributed by atoms with Crippen molar-refractivity contribution in [2.75, 3.05) is 32.8 Å². The van der Waals surface area contributed by atoms with Crippen molar-refractivity contribution in [3.63, 3.8) is 0 Å². The molecule has 32 heavy (non-hydrogen) atoms. The quantitative estimate of drug-likeness (QED) is 0.558. The summed E-state index contributed by atoms with van der Waals surface area (Å²) in [6, 6.07) is 8.62. The molecular weight excluding hydrogens is 438 g/mol. The molecule has 0 bridgehead atoms. The van der Waals surface area contributed by atoms with Crippen molar-refractivity contribution in [1.82, 2.24) is 9.80 Å². The summed E-state index contributed by atoms with van der Waals surface area (Å²) in [5.74, 6) is 0. The molecule has 1 saturated heterocycles. The van der Waals surface area contributed by atoms with E-state index in [0.717, 1.165) is 24.3 Å². The number of amides is 1. The third-order valence-corrected chi connectivity index (χ3v) is 5.31. The first-order valence-corrected chi connectivity index (χ1v) is 10.0. The van der Waals surface area contributed by atoms with E-state index in [0.29, 0.717) is 37.3 Å².